The van der Waals surface area contributed by atoms with Crippen molar-refractivity contribution in [3.63, 3.8) is 0 Å². The van der Waals surface area contributed by atoms with E-state index in [4.69, 9.17) is 5.73 Å². The van der Waals surface area contributed by atoms with Crippen LogP contribution in [0.3, 0.4) is 0 Å². The molecule has 0 radical (unpaired) electrons. The van der Waals surface area contributed by atoms with E-state index in [0.29, 0.717) is 12.2 Å². The Kier molecular flexibility index (Phi) is 4.68. The van der Waals surface area contributed by atoms with Crippen molar-refractivity contribution in [2.75, 3.05) is 17.2 Å². The molecule has 104 valence electrons. The maximum absolute atomic E-state index is 13.4. The van der Waals surface area contributed by atoms with Crippen molar-refractivity contribution < 1.29 is 9.18 Å². The van der Waals surface area contributed by atoms with Gasteiger partial charge in [0.15, 0.2) is 0 Å². The second kappa shape index (κ2) is 6.68. The Labute approximate surface area is 116 Å². The summed E-state index contributed by atoms with van der Waals surface area (Å²) in [6.07, 6.45) is 0.793. The van der Waals surface area contributed by atoms with Gasteiger partial charge in [-0.2, -0.15) is 0 Å². The average Bonchev–Trinajstić information content (AvgIpc) is 2.44. The van der Waals surface area contributed by atoms with Crippen molar-refractivity contribution in [1.29, 1.82) is 0 Å². The first kappa shape index (κ1) is 14.0. The van der Waals surface area contributed by atoms with Gasteiger partial charge >= 0.3 is 6.03 Å². The quantitative estimate of drug-likeness (QED) is 0.801. The first-order chi connectivity index (χ1) is 9.69. The summed E-state index contributed by atoms with van der Waals surface area (Å²) >= 11 is 0. The minimum Gasteiger partial charge on any atom is -0.330 e. The molecule has 0 heterocycles. The summed E-state index contributed by atoms with van der Waals surface area (Å²) in [5.41, 5.74) is 7.35. The highest BCUT2D eigenvalue weighted by Gasteiger charge is 2.06. The number of rotatable bonds is 4. The smallest absolute Gasteiger partial charge is 0.323 e. The Bertz CT molecular complexity index is 584. The monoisotopic (exact) mass is 273 g/mol. The fourth-order valence-corrected chi connectivity index (χ4v) is 1.77. The van der Waals surface area contributed by atoms with Gasteiger partial charge in [0.1, 0.15) is 5.82 Å². The molecule has 2 rings (SSSR count). The van der Waals surface area contributed by atoms with Crippen molar-refractivity contribution in [2.24, 2.45) is 5.73 Å². The minimum atomic E-state index is -0.485. The lowest BCUT2D eigenvalue weighted by molar-refractivity contribution is 0.262. The number of hydrogen-bond acceptors (Lipinski definition) is 2. The van der Waals surface area contributed by atoms with E-state index in [0.717, 1.165) is 12.0 Å². The molecule has 20 heavy (non-hydrogen) atoms. The highest BCUT2D eigenvalue weighted by atomic mass is 19.1. The van der Waals surface area contributed by atoms with Crippen LogP contribution in [0.1, 0.15) is 5.56 Å². The summed E-state index contributed by atoms with van der Waals surface area (Å²) in [7, 11) is 0. The van der Waals surface area contributed by atoms with Crippen LogP contribution in [0.5, 0.6) is 0 Å². The Morgan fingerprint density at radius 1 is 1.05 bits per heavy atom. The van der Waals surface area contributed by atoms with Crippen LogP contribution in [0.4, 0.5) is 20.6 Å². The van der Waals surface area contributed by atoms with E-state index in [1.54, 1.807) is 24.3 Å². The minimum absolute atomic E-state index is 0.143. The van der Waals surface area contributed by atoms with Gasteiger partial charge in [0.05, 0.1) is 5.69 Å². The molecule has 5 heteroatoms. The maximum Gasteiger partial charge on any atom is 0.323 e. The van der Waals surface area contributed by atoms with Crippen LogP contribution in [-0.4, -0.2) is 12.6 Å². The number of benzene rings is 2. The molecule has 0 unspecified atom stereocenters. The van der Waals surface area contributed by atoms with E-state index in [2.05, 4.69) is 10.6 Å². The van der Waals surface area contributed by atoms with Crippen molar-refractivity contribution in [3.8, 4) is 0 Å². The molecule has 0 aliphatic rings. The third-order valence-electron chi connectivity index (χ3n) is 2.77. The Balaban J connectivity index is 1.96. The van der Waals surface area contributed by atoms with Crippen molar-refractivity contribution in [2.45, 2.75) is 6.42 Å². The van der Waals surface area contributed by atoms with Gasteiger partial charge in [-0.15, -0.1) is 0 Å². The number of carbonyl (C=O) groups excluding carboxylic acids is 1. The average molecular weight is 273 g/mol. The molecular formula is C15H16FN3O. The van der Waals surface area contributed by atoms with Gasteiger partial charge in [-0.1, -0.05) is 24.3 Å². The predicted octanol–water partition coefficient (Wildman–Crippen LogP) is 2.97. The van der Waals surface area contributed by atoms with Crippen LogP contribution in [-0.2, 0) is 6.42 Å². The van der Waals surface area contributed by atoms with Crippen LogP contribution in [0.15, 0.2) is 48.5 Å². The van der Waals surface area contributed by atoms with Crippen LogP contribution in [0, 0.1) is 5.82 Å². The van der Waals surface area contributed by atoms with Gasteiger partial charge in [-0.25, -0.2) is 9.18 Å². The molecule has 4 nitrogen and oxygen atoms in total. The number of hydrogen-bond donors (Lipinski definition) is 3. The number of nitrogens with two attached hydrogens (primary N) is 1. The molecule has 0 aromatic heterocycles. The molecular weight excluding hydrogens is 257 g/mol. The number of para-hydroxylation sites is 1. The summed E-state index contributed by atoms with van der Waals surface area (Å²) in [5, 5.41) is 5.09. The highest BCUT2D eigenvalue weighted by Crippen LogP contribution is 2.14. The fraction of sp³-hybridized carbons (Fsp3) is 0.133. The molecule has 0 aliphatic carbocycles. The lowest BCUT2D eigenvalue weighted by Crippen LogP contribution is -2.20. The number of anilines is 2. The molecule has 0 atom stereocenters. The Morgan fingerprint density at radius 3 is 2.40 bits per heavy atom. The largest absolute Gasteiger partial charge is 0.330 e. The van der Waals surface area contributed by atoms with Crippen LogP contribution < -0.4 is 16.4 Å². The Morgan fingerprint density at radius 2 is 1.75 bits per heavy atom. The summed E-state index contributed by atoms with van der Waals surface area (Å²) in [5.74, 6) is -0.471. The van der Waals surface area contributed by atoms with Crippen LogP contribution >= 0.6 is 0 Å². The van der Waals surface area contributed by atoms with E-state index in [1.807, 2.05) is 12.1 Å². The SMILES string of the molecule is NCCc1ccc(NC(=O)Nc2ccccc2F)cc1. The van der Waals surface area contributed by atoms with Gasteiger partial charge in [0, 0.05) is 5.69 Å². The first-order valence-corrected chi connectivity index (χ1v) is 6.30. The molecule has 2 aromatic rings. The molecule has 0 fully saturated rings. The Hall–Kier alpha value is -2.40. The topological polar surface area (TPSA) is 67.1 Å². The standard InChI is InChI=1S/C15H16FN3O/c16-13-3-1-2-4-14(13)19-15(20)18-12-7-5-11(6-8-12)9-10-17/h1-8H,9-10,17H2,(H2,18,19,20). The molecule has 0 spiro atoms. The van der Waals surface area contributed by atoms with Gasteiger partial charge in [-0.05, 0) is 42.8 Å². The number of halogens is 1. The molecule has 4 N–H and O–H groups in total. The van der Waals surface area contributed by atoms with Gasteiger partial charge in [0.25, 0.3) is 0 Å². The first-order valence-electron chi connectivity index (χ1n) is 6.30. The van der Waals surface area contributed by atoms with E-state index in [-0.39, 0.29) is 5.69 Å². The third-order valence-corrected chi connectivity index (χ3v) is 2.77. The van der Waals surface area contributed by atoms with Gasteiger partial charge in [0.2, 0.25) is 0 Å². The lowest BCUT2D eigenvalue weighted by atomic mass is 10.1. The fourth-order valence-electron chi connectivity index (χ4n) is 1.77. The normalized spacial score (nSPS) is 10.1. The zero-order valence-electron chi connectivity index (χ0n) is 10.9. The summed E-state index contributed by atoms with van der Waals surface area (Å²) in [6, 6.07) is 12.9. The molecule has 0 saturated carbocycles. The van der Waals surface area contributed by atoms with E-state index in [9.17, 15) is 9.18 Å². The van der Waals surface area contributed by atoms with Crippen molar-refractivity contribution in [1.82, 2.24) is 0 Å². The lowest BCUT2D eigenvalue weighted by Gasteiger charge is -2.08. The summed E-state index contributed by atoms with van der Waals surface area (Å²) in [6.45, 7) is 0.584. The second-order valence-corrected chi connectivity index (χ2v) is 4.29. The van der Waals surface area contributed by atoms with E-state index >= 15 is 0 Å². The number of amides is 2. The van der Waals surface area contributed by atoms with E-state index < -0.39 is 11.8 Å². The van der Waals surface area contributed by atoms with Gasteiger partial charge < -0.3 is 16.4 Å². The summed E-state index contributed by atoms with van der Waals surface area (Å²) < 4.78 is 13.4. The van der Waals surface area contributed by atoms with Crippen molar-refractivity contribution >= 4 is 17.4 Å². The van der Waals surface area contributed by atoms with Crippen molar-refractivity contribution in [3.05, 3.63) is 59.9 Å². The second-order valence-electron chi connectivity index (χ2n) is 4.29. The molecule has 0 bridgehead atoms. The number of nitrogens with one attached hydrogen (secondary N) is 2. The predicted molar refractivity (Wildman–Crippen MR) is 78.2 cm³/mol. The molecule has 0 saturated heterocycles. The highest BCUT2D eigenvalue weighted by molar-refractivity contribution is 5.99. The van der Waals surface area contributed by atoms with E-state index in [1.165, 1.54) is 12.1 Å². The third kappa shape index (κ3) is 3.80. The van der Waals surface area contributed by atoms with Crippen LogP contribution in [0.25, 0.3) is 0 Å². The molecule has 2 amide bonds. The van der Waals surface area contributed by atoms with Crippen LogP contribution in [0.2, 0.25) is 0 Å². The zero-order chi connectivity index (χ0) is 14.4. The molecule has 0 aliphatic heterocycles. The zero-order valence-corrected chi connectivity index (χ0v) is 10.9. The maximum atomic E-state index is 13.4. The summed E-state index contributed by atoms with van der Waals surface area (Å²) in [4.78, 5) is 11.7. The number of carbonyl (C=O) groups is 1. The number of urea groups is 1. The molecule has 2 aromatic carbocycles. The van der Waals surface area contributed by atoms with Gasteiger partial charge in [-0.3, -0.25) is 0 Å².